The van der Waals surface area contributed by atoms with Gasteiger partial charge in [-0.15, -0.1) is 0 Å². The zero-order valence-electron chi connectivity index (χ0n) is 12.2. The van der Waals surface area contributed by atoms with E-state index in [2.05, 4.69) is 6.92 Å². The summed E-state index contributed by atoms with van der Waals surface area (Å²) in [6, 6.07) is 5.31. The molecule has 1 heterocycles. The van der Waals surface area contributed by atoms with Crippen molar-refractivity contribution in [2.75, 3.05) is 13.7 Å². The summed E-state index contributed by atoms with van der Waals surface area (Å²) in [5.41, 5.74) is 0.743. The first-order valence-electron chi connectivity index (χ1n) is 6.96. The minimum atomic E-state index is -0.984. The van der Waals surface area contributed by atoms with Gasteiger partial charge in [-0.1, -0.05) is 6.07 Å². The molecule has 1 saturated heterocycles. The van der Waals surface area contributed by atoms with Gasteiger partial charge in [0, 0.05) is 6.08 Å². The first-order chi connectivity index (χ1) is 10.1. The van der Waals surface area contributed by atoms with Crippen molar-refractivity contribution in [3.8, 4) is 11.5 Å². The van der Waals surface area contributed by atoms with E-state index in [0.717, 1.165) is 24.5 Å². The SMILES string of the molecule is COc1cc(/C=C/C(=O)O)ccc1OCC1CCC(C)O1. The van der Waals surface area contributed by atoms with E-state index in [1.165, 1.54) is 6.08 Å². The zero-order chi connectivity index (χ0) is 15.2. The molecule has 0 radical (unpaired) electrons. The Hall–Kier alpha value is -2.01. The lowest BCUT2D eigenvalue weighted by atomic mass is 10.2. The van der Waals surface area contributed by atoms with Crippen LogP contribution in [0.15, 0.2) is 24.3 Å². The van der Waals surface area contributed by atoms with Crippen LogP contribution in [0.1, 0.15) is 25.3 Å². The normalized spacial score (nSPS) is 21.6. The Morgan fingerprint density at radius 3 is 2.86 bits per heavy atom. The number of ether oxygens (including phenoxy) is 3. The molecule has 1 N–H and O–H groups in total. The minimum Gasteiger partial charge on any atom is -0.493 e. The Labute approximate surface area is 124 Å². The average molecular weight is 292 g/mol. The number of aliphatic carboxylic acids is 1. The molecule has 1 aliphatic heterocycles. The van der Waals surface area contributed by atoms with Gasteiger partial charge in [-0.25, -0.2) is 4.79 Å². The summed E-state index contributed by atoms with van der Waals surface area (Å²) in [6.45, 7) is 2.55. The molecule has 0 saturated carbocycles. The van der Waals surface area contributed by atoms with Crippen LogP contribution >= 0.6 is 0 Å². The zero-order valence-corrected chi connectivity index (χ0v) is 12.2. The van der Waals surface area contributed by atoms with E-state index in [1.807, 2.05) is 0 Å². The summed E-state index contributed by atoms with van der Waals surface area (Å²) in [4.78, 5) is 10.5. The van der Waals surface area contributed by atoms with Gasteiger partial charge in [0.2, 0.25) is 0 Å². The van der Waals surface area contributed by atoms with E-state index in [0.29, 0.717) is 24.2 Å². The van der Waals surface area contributed by atoms with Crippen LogP contribution in [0, 0.1) is 0 Å². The molecular weight excluding hydrogens is 272 g/mol. The van der Waals surface area contributed by atoms with Gasteiger partial charge in [0.05, 0.1) is 19.3 Å². The van der Waals surface area contributed by atoms with Gasteiger partial charge >= 0.3 is 5.97 Å². The Morgan fingerprint density at radius 2 is 2.24 bits per heavy atom. The molecule has 0 spiro atoms. The first kappa shape index (κ1) is 15.4. The molecule has 0 amide bonds. The summed E-state index contributed by atoms with van der Waals surface area (Å²) in [5, 5.41) is 8.63. The first-order valence-corrected chi connectivity index (χ1v) is 6.96. The monoisotopic (exact) mass is 292 g/mol. The molecule has 2 rings (SSSR count). The summed E-state index contributed by atoms with van der Waals surface area (Å²) in [7, 11) is 1.56. The van der Waals surface area contributed by atoms with Crippen LogP contribution < -0.4 is 9.47 Å². The molecule has 5 nitrogen and oxygen atoms in total. The van der Waals surface area contributed by atoms with Crippen molar-refractivity contribution < 1.29 is 24.1 Å². The standard InChI is InChI=1S/C16H20O5/c1-11-3-6-13(21-11)10-20-14-7-4-12(5-8-16(17)18)9-15(14)19-2/h4-5,7-9,11,13H,3,6,10H2,1-2H3,(H,17,18)/b8-5+. The molecule has 21 heavy (non-hydrogen) atoms. The number of carboxylic acids is 1. The Bertz CT molecular complexity index is 523. The molecule has 1 aromatic rings. The molecular formula is C16H20O5. The smallest absolute Gasteiger partial charge is 0.328 e. The maximum Gasteiger partial charge on any atom is 0.328 e. The van der Waals surface area contributed by atoms with Gasteiger partial charge in [-0.2, -0.15) is 0 Å². The van der Waals surface area contributed by atoms with Gasteiger partial charge in [0.15, 0.2) is 11.5 Å². The second kappa shape index (κ2) is 7.13. The van der Waals surface area contributed by atoms with Crippen molar-refractivity contribution in [2.45, 2.75) is 32.0 Å². The summed E-state index contributed by atoms with van der Waals surface area (Å²) in [5.74, 6) is 0.225. The van der Waals surface area contributed by atoms with Crippen LogP contribution in [0.2, 0.25) is 0 Å². The Kier molecular flexibility index (Phi) is 5.22. The fraction of sp³-hybridized carbons (Fsp3) is 0.438. The van der Waals surface area contributed by atoms with Gasteiger partial charge < -0.3 is 19.3 Å². The van der Waals surface area contributed by atoms with Crippen LogP contribution in [0.5, 0.6) is 11.5 Å². The summed E-state index contributed by atoms with van der Waals surface area (Å²) in [6.07, 6.45) is 5.08. The number of carboxylic acid groups (broad SMARTS) is 1. The molecule has 1 aromatic carbocycles. The highest BCUT2D eigenvalue weighted by molar-refractivity contribution is 5.85. The predicted molar refractivity (Wildman–Crippen MR) is 78.7 cm³/mol. The Morgan fingerprint density at radius 1 is 1.43 bits per heavy atom. The lowest BCUT2D eigenvalue weighted by Crippen LogP contribution is -2.18. The van der Waals surface area contributed by atoms with Gasteiger partial charge in [-0.05, 0) is 43.5 Å². The molecule has 0 aromatic heterocycles. The molecule has 1 fully saturated rings. The summed E-state index contributed by atoms with van der Waals surface area (Å²) < 4.78 is 16.7. The van der Waals surface area contributed by atoms with Crippen molar-refractivity contribution in [3.05, 3.63) is 29.8 Å². The van der Waals surface area contributed by atoms with Crippen molar-refractivity contribution >= 4 is 12.0 Å². The number of carbonyl (C=O) groups is 1. The fourth-order valence-corrected chi connectivity index (χ4v) is 2.27. The third-order valence-electron chi connectivity index (χ3n) is 3.35. The topological polar surface area (TPSA) is 65.0 Å². The third kappa shape index (κ3) is 4.49. The molecule has 5 heteroatoms. The van der Waals surface area contributed by atoms with Crippen LogP contribution in [-0.4, -0.2) is 37.0 Å². The van der Waals surface area contributed by atoms with E-state index in [4.69, 9.17) is 19.3 Å². The van der Waals surface area contributed by atoms with E-state index in [9.17, 15) is 4.79 Å². The number of hydrogen-bond donors (Lipinski definition) is 1. The van der Waals surface area contributed by atoms with E-state index < -0.39 is 5.97 Å². The molecule has 0 aliphatic carbocycles. The minimum absolute atomic E-state index is 0.122. The lowest BCUT2D eigenvalue weighted by molar-refractivity contribution is -0.131. The van der Waals surface area contributed by atoms with E-state index >= 15 is 0 Å². The highest BCUT2D eigenvalue weighted by atomic mass is 16.6. The predicted octanol–water partition coefficient (Wildman–Crippen LogP) is 2.74. The van der Waals surface area contributed by atoms with Crippen LogP contribution in [0.25, 0.3) is 6.08 Å². The van der Waals surface area contributed by atoms with Crippen LogP contribution in [0.3, 0.4) is 0 Å². The third-order valence-corrected chi connectivity index (χ3v) is 3.35. The van der Waals surface area contributed by atoms with Gasteiger partial charge in [-0.3, -0.25) is 0 Å². The molecule has 2 unspecified atom stereocenters. The Balaban J connectivity index is 2.00. The molecule has 0 bridgehead atoms. The highest BCUT2D eigenvalue weighted by Crippen LogP contribution is 2.29. The lowest BCUT2D eigenvalue weighted by Gasteiger charge is -2.15. The highest BCUT2D eigenvalue weighted by Gasteiger charge is 2.22. The van der Waals surface area contributed by atoms with Gasteiger partial charge in [0.25, 0.3) is 0 Å². The number of rotatable bonds is 6. The number of methoxy groups -OCH3 is 1. The molecule has 2 atom stereocenters. The second-order valence-electron chi connectivity index (χ2n) is 5.04. The fourth-order valence-electron chi connectivity index (χ4n) is 2.27. The average Bonchev–Trinajstić information content (AvgIpc) is 2.88. The summed E-state index contributed by atoms with van der Waals surface area (Å²) >= 11 is 0. The van der Waals surface area contributed by atoms with E-state index in [1.54, 1.807) is 25.3 Å². The largest absolute Gasteiger partial charge is 0.493 e. The van der Waals surface area contributed by atoms with E-state index in [-0.39, 0.29) is 6.10 Å². The van der Waals surface area contributed by atoms with Crippen LogP contribution in [0.4, 0.5) is 0 Å². The van der Waals surface area contributed by atoms with Crippen LogP contribution in [-0.2, 0) is 9.53 Å². The van der Waals surface area contributed by atoms with Crippen molar-refractivity contribution in [2.24, 2.45) is 0 Å². The maximum absolute atomic E-state index is 10.5. The van der Waals surface area contributed by atoms with Crippen molar-refractivity contribution in [1.29, 1.82) is 0 Å². The maximum atomic E-state index is 10.5. The number of hydrogen-bond acceptors (Lipinski definition) is 4. The van der Waals surface area contributed by atoms with Crippen molar-refractivity contribution in [3.63, 3.8) is 0 Å². The van der Waals surface area contributed by atoms with Crippen molar-refractivity contribution in [1.82, 2.24) is 0 Å². The molecule has 114 valence electrons. The molecule has 1 aliphatic rings. The van der Waals surface area contributed by atoms with Gasteiger partial charge in [0.1, 0.15) is 6.61 Å². The number of benzene rings is 1. The quantitative estimate of drug-likeness (QED) is 0.817. The second-order valence-corrected chi connectivity index (χ2v) is 5.04.